The molecule has 0 aliphatic rings. The minimum Gasteiger partial charge on any atom is -0.492 e. The SMILES string of the molecule is C=Nc1ccccc1OCC. The van der Waals surface area contributed by atoms with Gasteiger partial charge in [-0.05, 0) is 25.8 Å². The van der Waals surface area contributed by atoms with Crippen molar-refractivity contribution in [1.29, 1.82) is 0 Å². The van der Waals surface area contributed by atoms with Crippen molar-refractivity contribution in [2.24, 2.45) is 4.99 Å². The Balaban J connectivity index is 2.92. The van der Waals surface area contributed by atoms with E-state index in [9.17, 15) is 0 Å². The third-order valence-corrected chi connectivity index (χ3v) is 1.34. The summed E-state index contributed by atoms with van der Waals surface area (Å²) in [7, 11) is 0. The molecule has 2 nitrogen and oxygen atoms in total. The number of hydrogen-bond acceptors (Lipinski definition) is 2. The molecule has 0 bridgehead atoms. The van der Waals surface area contributed by atoms with Gasteiger partial charge in [0.2, 0.25) is 0 Å². The second-order valence-electron chi connectivity index (χ2n) is 2.06. The Kier molecular flexibility index (Phi) is 2.66. The molecule has 0 saturated heterocycles. The van der Waals surface area contributed by atoms with Crippen LogP contribution in [0.2, 0.25) is 0 Å². The van der Waals surface area contributed by atoms with Crippen molar-refractivity contribution >= 4 is 12.4 Å². The average molecular weight is 149 g/mol. The average Bonchev–Trinajstić information content (AvgIpc) is 2.06. The Hall–Kier alpha value is -1.31. The molecule has 0 aliphatic carbocycles. The molecule has 0 amide bonds. The van der Waals surface area contributed by atoms with Crippen LogP contribution in [0.3, 0.4) is 0 Å². The fraction of sp³-hybridized carbons (Fsp3) is 0.222. The van der Waals surface area contributed by atoms with Gasteiger partial charge < -0.3 is 4.74 Å². The van der Waals surface area contributed by atoms with Gasteiger partial charge >= 0.3 is 0 Å². The molecule has 1 rings (SSSR count). The predicted molar refractivity (Wildman–Crippen MR) is 46.8 cm³/mol. The van der Waals surface area contributed by atoms with Gasteiger partial charge in [-0.2, -0.15) is 0 Å². The maximum absolute atomic E-state index is 5.29. The minimum absolute atomic E-state index is 0.659. The summed E-state index contributed by atoms with van der Waals surface area (Å²) in [5, 5.41) is 0. The van der Waals surface area contributed by atoms with E-state index < -0.39 is 0 Å². The van der Waals surface area contributed by atoms with Crippen molar-refractivity contribution in [2.75, 3.05) is 6.61 Å². The molecular weight excluding hydrogens is 138 g/mol. The van der Waals surface area contributed by atoms with Crippen LogP contribution < -0.4 is 4.74 Å². The lowest BCUT2D eigenvalue weighted by Gasteiger charge is -2.04. The maximum Gasteiger partial charge on any atom is 0.144 e. The first-order chi connectivity index (χ1) is 5.38. The number of aliphatic imine (C=N–C) groups is 1. The first kappa shape index (κ1) is 7.79. The third-order valence-electron chi connectivity index (χ3n) is 1.34. The normalized spacial score (nSPS) is 9.18. The molecule has 0 atom stereocenters. The number of rotatable bonds is 3. The number of nitrogens with zero attached hydrogens (tertiary/aromatic N) is 1. The van der Waals surface area contributed by atoms with Crippen LogP contribution in [-0.4, -0.2) is 13.3 Å². The molecule has 2 heteroatoms. The molecule has 1 aromatic rings. The molecule has 0 spiro atoms. The molecule has 0 radical (unpaired) electrons. The highest BCUT2D eigenvalue weighted by atomic mass is 16.5. The van der Waals surface area contributed by atoms with Crippen LogP contribution in [0, 0.1) is 0 Å². The number of para-hydroxylation sites is 2. The zero-order chi connectivity index (χ0) is 8.10. The molecule has 58 valence electrons. The molecule has 0 heterocycles. The van der Waals surface area contributed by atoms with Crippen LogP contribution >= 0.6 is 0 Å². The number of hydrogen-bond donors (Lipinski definition) is 0. The Morgan fingerprint density at radius 1 is 1.45 bits per heavy atom. The first-order valence-electron chi connectivity index (χ1n) is 3.57. The summed E-state index contributed by atoms with van der Waals surface area (Å²) in [5.74, 6) is 0.796. The van der Waals surface area contributed by atoms with Crippen molar-refractivity contribution in [2.45, 2.75) is 6.92 Å². The second kappa shape index (κ2) is 3.76. The fourth-order valence-corrected chi connectivity index (χ4v) is 0.865. The monoisotopic (exact) mass is 149 g/mol. The standard InChI is InChI=1S/C9H11NO/c1-3-11-9-7-5-4-6-8(9)10-2/h4-7H,2-3H2,1H3. The van der Waals surface area contributed by atoms with E-state index in [1.165, 1.54) is 0 Å². The summed E-state index contributed by atoms with van der Waals surface area (Å²) in [6.45, 7) is 6.05. The van der Waals surface area contributed by atoms with Crippen molar-refractivity contribution in [1.82, 2.24) is 0 Å². The van der Waals surface area contributed by atoms with Gasteiger partial charge in [-0.15, -0.1) is 0 Å². The lowest BCUT2D eigenvalue weighted by atomic mass is 10.3. The molecule has 1 aromatic carbocycles. The molecule has 0 saturated carbocycles. The van der Waals surface area contributed by atoms with E-state index in [4.69, 9.17) is 4.74 Å². The summed E-state index contributed by atoms with van der Waals surface area (Å²) in [6, 6.07) is 7.58. The smallest absolute Gasteiger partial charge is 0.144 e. The van der Waals surface area contributed by atoms with Crippen molar-refractivity contribution < 1.29 is 4.74 Å². The van der Waals surface area contributed by atoms with E-state index >= 15 is 0 Å². The van der Waals surface area contributed by atoms with E-state index in [0.717, 1.165) is 11.4 Å². The van der Waals surface area contributed by atoms with Crippen LogP contribution in [0.1, 0.15) is 6.92 Å². The Bertz CT molecular complexity index is 245. The van der Waals surface area contributed by atoms with Crippen LogP contribution in [0.25, 0.3) is 0 Å². The number of benzene rings is 1. The summed E-state index contributed by atoms with van der Waals surface area (Å²) < 4.78 is 5.29. The van der Waals surface area contributed by atoms with Gasteiger partial charge in [0.1, 0.15) is 11.4 Å². The zero-order valence-electron chi connectivity index (χ0n) is 6.58. The number of ether oxygens (including phenoxy) is 1. The van der Waals surface area contributed by atoms with Gasteiger partial charge in [-0.3, -0.25) is 4.99 Å². The van der Waals surface area contributed by atoms with Gasteiger partial charge in [-0.1, -0.05) is 12.1 Å². The lowest BCUT2D eigenvalue weighted by molar-refractivity contribution is 0.341. The minimum atomic E-state index is 0.659. The van der Waals surface area contributed by atoms with Crippen molar-refractivity contribution in [3.63, 3.8) is 0 Å². The summed E-state index contributed by atoms with van der Waals surface area (Å²) in [4.78, 5) is 3.81. The van der Waals surface area contributed by atoms with Crippen LogP contribution in [0.5, 0.6) is 5.75 Å². The molecule has 11 heavy (non-hydrogen) atoms. The van der Waals surface area contributed by atoms with E-state index in [0.29, 0.717) is 6.61 Å². The van der Waals surface area contributed by atoms with Gasteiger partial charge in [0.15, 0.2) is 0 Å². The van der Waals surface area contributed by atoms with E-state index in [2.05, 4.69) is 11.7 Å². The Labute approximate surface area is 66.5 Å². The maximum atomic E-state index is 5.29. The van der Waals surface area contributed by atoms with E-state index in [1.807, 2.05) is 31.2 Å². The highest BCUT2D eigenvalue weighted by molar-refractivity contribution is 5.55. The van der Waals surface area contributed by atoms with Gasteiger partial charge in [0.05, 0.1) is 6.61 Å². The highest BCUT2D eigenvalue weighted by Gasteiger charge is 1.96. The first-order valence-corrected chi connectivity index (χ1v) is 3.57. The molecule has 0 N–H and O–H groups in total. The molecule has 0 fully saturated rings. The molecule has 0 unspecified atom stereocenters. The molecule has 0 aromatic heterocycles. The van der Waals surface area contributed by atoms with Crippen LogP contribution in [0.15, 0.2) is 29.3 Å². The van der Waals surface area contributed by atoms with Gasteiger partial charge in [0, 0.05) is 0 Å². The quantitative estimate of drug-likeness (QED) is 0.605. The van der Waals surface area contributed by atoms with Crippen LogP contribution in [-0.2, 0) is 0 Å². The lowest BCUT2D eigenvalue weighted by Crippen LogP contribution is -1.90. The summed E-state index contributed by atoms with van der Waals surface area (Å²) in [6.07, 6.45) is 0. The van der Waals surface area contributed by atoms with Crippen molar-refractivity contribution in [3.8, 4) is 5.75 Å². The Morgan fingerprint density at radius 2 is 2.18 bits per heavy atom. The summed E-state index contributed by atoms with van der Waals surface area (Å²) in [5.41, 5.74) is 0.800. The van der Waals surface area contributed by atoms with E-state index in [-0.39, 0.29) is 0 Å². The van der Waals surface area contributed by atoms with Crippen molar-refractivity contribution in [3.05, 3.63) is 24.3 Å². The topological polar surface area (TPSA) is 21.6 Å². The largest absolute Gasteiger partial charge is 0.492 e. The highest BCUT2D eigenvalue weighted by Crippen LogP contribution is 2.25. The van der Waals surface area contributed by atoms with Gasteiger partial charge in [0.25, 0.3) is 0 Å². The fourth-order valence-electron chi connectivity index (χ4n) is 0.865. The van der Waals surface area contributed by atoms with E-state index in [1.54, 1.807) is 0 Å². The molecular formula is C9H11NO. The zero-order valence-corrected chi connectivity index (χ0v) is 6.58. The molecule has 0 aliphatic heterocycles. The second-order valence-corrected chi connectivity index (χ2v) is 2.06. The van der Waals surface area contributed by atoms with Gasteiger partial charge in [-0.25, -0.2) is 0 Å². The van der Waals surface area contributed by atoms with Crippen LogP contribution in [0.4, 0.5) is 5.69 Å². The Morgan fingerprint density at radius 3 is 2.82 bits per heavy atom. The third kappa shape index (κ3) is 1.80. The summed E-state index contributed by atoms with van der Waals surface area (Å²) >= 11 is 0. The predicted octanol–water partition coefficient (Wildman–Crippen LogP) is 2.42.